The van der Waals surface area contributed by atoms with Crippen LogP contribution < -0.4 is 4.74 Å². The molecule has 1 saturated heterocycles. The van der Waals surface area contributed by atoms with Crippen molar-refractivity contribution < 1.29 is 13.2 Å². The summed E-state index contributed by atoms with van der Waals surface area (Å²) in [7, 11) is -3.04. The second-order valence-corrected chi connectivity index (χ2v) is 9.87. The zero-order valence-corrected chi connectivity index (χ0v) is 16.7. The van der Waals surface area contributed by atoms with Crippen LogP contribution in [0.2, 0.25) is 0 Å². The maximum Gasteiger partial charge on any atom is 0.179 e. The minimum atomic E-state index is -3.04. The number of aromatic nitrogens is 1. The third-order valence-electron chi connectivity index (χ3n) is 5.53. The number of fused-ring (bicyclic) bond motifs is 1. The summed E-state index contributed by atoms with van der Waals surface area (Å²) in [6.07, 6.45) is 8.24. The molecule has 1 aromatic carbocycles. The number of rotatable bonds is 4. The lowest BCUT2D eigenvalue weighted by Gasteiger charge is -2.31. The fourth-order valence-electron chi connectivity index (χ4n) is 4.04. The minimum absolute atomic E-state index is 0.0467. The Bertz CT molecular complexity index is 1000. The van der Waals surface area contributed by atoms with Gasteiger partial charge in [0.2, 0.25) is 0 Å². The summed E-state index contributed by atoms with van der Waals surface area (Å²) in [5, 5.41) is 9.00. The van der Waals surface area contributed by atoms with Crippen LogP contribution in [-0.4, -0.2) is 43.8 Å². The van der Waals surface area contributed by atoms with Crippen molar-refractivity contribution in [1.82, 2.24) is 9.88 Å². The van der Waals surface area contributed by atoms with Gasteiger partial charge in [-0.2, -0.15) is 5.26 Å². The van der Waals surface area contributed by atoms with Gasteiger partial charge in [-0.3, -0.25) is 4.98 Å². The van der Waals surface area contributed by atoms with Gasteiger partial charge in [0.25, 0.3) is 0 Å². The molecule has 1 aromatic heterocycles. The molecule has 146 valence electrons. The highest BCUT2D eigenvalue weighted by Gasteiger charge is 2.33. The number of sulfone groups is 1. The molecule has 0 spiro atoms. The minimum Gasteiger partial charge on any atom is -0.488 e. The SMILES string of the molecule is CS(=O)(=O)Cc1ccc(-c2cc3c(cn2)OC(C2CCN(C#N)CC2)C3)cc1. The molecular formula is C21H23N3O3S. The van der Waals surface area contributed by atoms with Crippen LogP contribution in [0.1, 0.15) is 24.0 Å². The molecule has 0 N–H and O–H groups in total. The standard InChI is InChI=1S/C21H23N3O3S/c1-28(25,26)13-15-2-4-16(5-3-15)19-10-18-11-20(27-21(18)12-23-19)17-6-8-24(14-22)9-7-17/h2-5,10,12,17,20H,6-9,11,13H2,1H3. The molecule has 1 atom stereocenters. The second kappa shape index (κ2) is 7.44. The van der Waals surface area contributed by atoms with Crippen LogP contribution in [0.25, 0.3) is 11.3 Å². The number of nitrogens with zero attached hydrogens (tertiary/aromatic N) is 3. The monoisotopic (exact) mass is 397 g/mol. The molecule has 2 aliphatic rings. The van der Waals surface area contributed by atoms with Gasteiger partial charge in [0.1, 0.15) is 11.9 Å². The first-order valence-electron chi connectivity index (χ1n) is 9.48. The molecule has 0 aliphatic carbocycles. The zero-order chi connectivity index (χ0) is 19.7. The second-order valence-electron chi connectivity index (χ2n) is 7.73. The number of hydrogen-bond donors (Lipinski definition) is 0. The van der Waals surface area contributed by atoms with Gasteiger partial charge in [-0.1, -0.05) is 24.3 Å². The van der Waals surface area contributed by atoms with Crippen LogP contribution in [0.4, 0.5) is 0 Å². The average molecular weight is 398 g/mol. The Kier molecular flexibility index (Phi) is 4.98. The topological polar surface area (TPSA) is 83.3 Å². The number of benzene rings is 1. The van der Waals surface area contributed by atoms with Gasteiger partial charge >= 0.3 is 0 Å². The van der Waals surface area contributed by atoms with E-state index >= 15 is 0 Å². The molecular weight excluding hydrogens is 374 g/mol. The van der Waals surface area contributed by atoms with E-state index in [0.29, 0.717) is 5.92 Å². The Hall–Kier alpha value is -2.59. The molecule has 0 saturated carbocycles. The number of ether oxygens (including phenoxy) is 1. The van der Waals surface area contributed by atoms with Gasteiger partial charge in [-0.25, -0.2) is 8.42 Å². The van der Waals surface area contributed by atoms with Gasteiger partial charge < -0.3 is 9.64 Å². The Morgan fingerprint density at radius 2 is 1.96 bits per heavy atom. The van der Waals surface area contributed by atoms with Crippen molar-refractivity contribution in [2.24, 2.45) is 5.92 Å². The van der Waals surface area contributed by atoms with E-state index < -0.39 is 9.84 Å². The van der Waals surface area contributed by atoms with Gasteiger partial charge in [-0.05, 0) is 30.4 Å². The van der Waals surface area contributed by atoms with E-state index in [4.69, 9.17) is 10.00 Å². The third-order valence-corrected chi connectivity index (χ3v) is 6.39. The van der Waals surface area contributed by atoms with E-state index in [1.807, 2.05) is 29.2 Å². The lowest BCUT2D eigenvalue weighted by molar-refractivity contribution is 0.110. The van der Waals surface area contributed by atoms with Crippen LogP contribution in [-0.2, 0) is 22.0 Å². The van der Waals surface area contributed by atoms with Crippen LogP contribution in [0.3, 0.4) is 0 Å². The van der Waals surface area contributed by atoms with Gasteiger partial charge in [0, 0.05) is 36.9 Å². The van der Waals surface area contributed by atoms with Crippen LogP contribution in [0.15, 0.2) is 36.5 Å². The molecule has 0 amide bonds. The normalized spacial score (nSPS) is 19.7. The van der Waals surface area contributed by atoms with E-state index in [1.54, 1.807) is 6.20 Å². The molecule has 0 radical (unpaired) electrons. The Labute approximate surface area is 165 Å². The highest BCUT2D eigenvalue weighted by atomic mass is 32.2. The van der Waals surface area contributed by atoms with Crippen molar-refractivity contribution in [3.05, 3.63) is 47.7 Å². The molecule has 1 unspecified atom stereocenters. The number of likely N-dealkylation sites (tertiary alicyclic amines) is 1. The number of hydrogen-bond acceptors (Lipinski definition) is 6. The number of nitriles is 1. The summed E-state index contributed by atoms with van der Waals surface area (Å²) in [6.45, 7) is 1.61. The summed E-state index contributed by atoms with van der Waals surface area (Å²) in [4.78, 5) is 6.35. The molecule has 7 heteroatoms. The Morgan fingerprint density at radius 3 is 2.61 bits per heavy atom. The van der Waals surface area contributed by atoms with E-state index in [1.165, 1.54) is 6.26 Å². The summed E-state index contributed by atoms with van der Waals surface area (Å²) >= 11 is 0. The van der Waals surface area contributed by atoms with Gasteiger partial charge in [-0.15, -0.1) is 0 Å². The van der Waals surface area contributed by atoms with Crippen molar-refractivity contribution in [2.75, 3.05) is 19.3 Å². The van der Waals surface area contributed by atoms with Crippen molar-refractivity contribution in [1.29, 1.82) is 5.26 Å². The van der Waals surface area contributed by atoms with Gasteiger partial charge in [0.05, 0.1) is 17.6 Å². The van der Waals surface area contributed by atoms with Crippen LogP contribution in [0.5, 0.6) is 5.75 Å². The van der Waals surface area contributed by atoms with Crippen LogP contribution in [0, 0.1) is 17.4 Å². The summed E-state index contributed by atoms with van der Waals surface area (Å²) in [6, 6.07) is 9.59. The average Bonchev–Trinajstić information content (AvgIpc) is 3.11. The fourth-order valence-corrected chi connectivity index (χ4v) is 4.84. The summed E-state index contributed by atoms with van der Waals surface area (Å²) < 4.78 is 29.0. The first-order chi connectivity index (χ1) is 13.4. The van der Waals surface area contributed by atoms with Crippen molar-refractivity contribution in [3.63, 3.8) is 0 Å². The lowest BCUT2D eigenvalue weighted by Crippen LogP contribution is -2.36. The summed E-state index contributed by atoms with van der Waals surface area (Å²) in [5.74, 6) is 1.37. The molecule has 4 rings (SSSR count). The van der Waals surface area contributed by atoms with E-state index in [0.717, 1.165) is 60.5 Å². The van der Waals surface area contributed by atoms with Gasteiger partial charge in [0.15, 0.2) is 16.0 Å². The number of pyridine rings is 1. The Balaban J connectivity index is 1.46. The maximum absolute atomic E-state index is 11.4. The molecule has 0 bridgehead atoms. The summed E-state index contributed by atoms with van der Waals surface area (Å²) in [5.41, 5.74) is 3.77. The van der Waals surface area contributed by atoms with E-state index in [-0.39, 0.29) is 11.9 Å². The number of piperidine rings is 1. The zero-order valence-electron chi connectivity index (χ0n) is 15.8. The van der Waals surface area contributed by atoms with E-state index in [2.05, 4.69) is 17.2 Å². The third kappa shape index (κ3) is 4.12. The molecule has 2 aromatic rings. The first-order valence-corrected chi connectivity index (χ1v) is 11.5. The van der Waals surface area contributed by atoms with E-state index in [9.17, 15) is 8.42 Å². The Morgan fingerprint density at radius 1 is 1.25 bits per heavy atom. The van der Waals surface area contributed by atoms with Crippen LogP contribution >= 0.6 is 0 Å². The van der Waals surface area contributed by atoms with Crippen molar-refractivity contribution in [2.45, 2.75) is 31.1 Å². The predicted octanol–water partition coefficient (Wildman–Crippen LogP) is 2.79. The fraction of sp³-hybridized carbons (Fsp3) is 0.429. The largest absolute Gasteiger partial charge is 0.488 e. The lowest BCUT2D eigenvalue weighted by atomic mass is 9.89. The quantitative estimate of drug-likeness (QED) is 0.738. The predicted molar refractivity (Wildman–Crippen MR) is 106 cm³/mol. The molecule has 6 nitrogen and oxygen atoms in total. The molecule has 3 heterocycles. The molecule has 1 fully saturated rings. The highest BCUT2D eigenvalue weighted by Crippen LogP contribution is 2.36. The van der Waals surface area contributed by atoms with Crippen molar-refractivity contribution >= 4 is 9.84 Å². The maximum atomic E-state index is 11.4. The molecule has 2 aliphatic heterocycles. The highest BCUT2D eigenvalue weighted by molar-refractivity contribution is 7.89. The smallest absolute Gasteiger partial charge is 0.179 e. The first kappa shape index (κ1) is 18.8. The molecule has 28 heavy (non-hydrogen) atoms. The van der Waals surface area contributed by atoms with Crippen molar-refractivity contribution in [3.8, 4) is 23.2 Å².